The van der Waals surface area contributed by atoms with E-state index in [1.54, 1.807) is 25.1 Å². The number of nitrogens with one attached hydrogen (secondary N) is 2. The molecule has 5 N–H and O–H groups in total. The largest absolute Gasteiger partial charge is 0.493 e. The van der Waals surface area contributed by atoms with E-state index in [4.69, 9.17) is 47.0 Å². The molecular weight excluding hydrogens is 454 g/mol. The zero-order chi connectivity index (χ0) is 23.4. The lowest BCUT2D eigenvalue weighted by Crippen LogP contribution is -2.25. The highest BCUT2D eigenvalue weighted by molar-refractivity contribution is 7.87. The molecule has 0 heterocycles. The maximum Gasteiger partial charge on any atom is 0.339 e. The van der Waals surface area contributed by atoms with E-state index in [9.17, 15) is 8.42 Å². The Morgan fingerprint density at radius 3 is 2.61 bits per heavy atom. The van der Waals surface area contributed by atoms with Crippen molar-refractivity contribution in [3.05, 3.63) is 63.2 Å². The molecule has 2 rings (SSSR count). The molecular formula is C17H20ClN5O7S. The fourth-order valence-corrected chi connectivity index (χ4v) is 3.27. The highest BCUT2D eigenvalue weighted by Crippen LogP contribution is 2.26. The van der Waals surface area contributed by atoms with E-state index >= 15 is 0 Å². The van der Waals surface area contributed by atoms with E-state index < -0.39 is 15.2 Å². The molecule has 0 aliphatic rings. The van der Waals surface area contributed by atoms with Crippen LogP contribution in [0.25, 0.3) is 0 Å². The number of hydrogen-bond acceptors (Lipinski definition) is 8. The smallest absolute Gasteiger partial charge is 0.339 e. The molecule has 0 spiro atoms. The summed E-state index contributed by atoms with van der Waals surface area (Å²) >= 11 is 5.84. The lowest BCUT2D eigenvalue weighted by atomic mass is 10.2. The van der Waals surface area contributed by atoms with Crippen LogP contribution in [0.3, 0.4) is 0 Å². The van der Waals surface area contributed by atoms with E-state index in [0.29, 0.717) is 23.8 Å². The number of aryl methyl sites for hydroxylation is 1. The SMILES string of the molecule is Cc1cc(OCCC=NNC(=N)N)cc(OS(=O)(=O)c2cccc(Cl)c2)c1.O=[N+]([O-])O. The monoisotopic (exact) mass is 473 g/mol. The average molecular weight is 474 g/mol. The minimum atomic E-state index is -4.01. The lowest BCUT2D eigenvalue weighted by Gasteiger charge is -2.11. The van der Waals surface area contributed by atoms with Crippen LogP contribution in [-0.2, 0) is 10.1 Å². The first kappa shape index (κ1) is 25.5. The first-order valence-electron chi connectivity index (χ1n) is 8.39. The maximum absolute atomic E-state index is 12.4. The molecule has 0 radical (unpaired) electrons. The number of halogens is 1. The van der Waals surface area contributed by atoms with Crippen molar-refractivity contribution >= 4 is 33.9 Å². The number of hydrogen-bond donors (Lipinski definition) is 4. The van der Waals surface area contributed by atoms with Gasteiger partial charge in [0.05, 0.1) is 6.61 Å². The number of guanidine groups is 1. The van der Waals surface area contributed by atoms with E-state index in [1.165, 1.54) is 30.5 Å². The van der Waals surface area contributed by atoms with Gasteiger partial charge in [-0.25, -0.2) is 5.43 Å². The molecule has 0 aromatic heterocycles. The van der Waals surface area contributed by atoms with Crippen LogP contribution in [-0.4, -0.2) is 37.5 Å². The Balaban J connectivity index is 0.00000110. The summed E-state index contributed by atoms with van der Waals surface area (Å²) < 4.78 is 35.5. The Labute approximate surface area is 183 Å². The van der Waals surface area contributed by atoms with Crippen molar-refractivity contribution in [3.8, 4) is 11.5 Å². The summed E-state index contributed by atoms with van der Waals surface area (Å²) in [5.41, 5.74) is 8.15. The minimum Gasteiger partial charge on any atom is -0.493 e. The van der Waals surface area contributed by atoms with Crippen molar-refractivity contribution in [2.45, 2.75) is 18.2 Å². The van der Waals surface area contributed by atoms with Crippen LogP contribution in [0.5, 0.6) is 11.5 Å². The van der Waals surface area contributed by atoms with Crippen molar-refractivity contribution in [3.63, 3.8) is 0 Å². The van der Waals surface area contributed by atoms with Gasteiger partial charge in [0.1, 0.15) is 16.4 Å². The summed E-state index contributed by atoms with van der Waals surface area (Å²) in [6.45, 7) is 2.09. The van der Waals surface area contributed by atoms with Gasteiger partial charge in [0, 0.05) is 23.7 Å². The van der Waals surface area contributed by atoms with E-state index in [2.05, 4.69) is 10.5 Å². The Bertz CT molecular complexity index is 1040. The molecule has 0 fully saturated rings. The second-order valence-corrected chi connectivity index (χ2v) is 7.67. The fourth-order valence-electron chi connectivity index (χ4n) is 2.05. The summed E-state index contributed by atoms with van der Waals surface area (Å²) in [6.07, 6.45) is 1.98. The third-order valence-electron chi connectivity index (χ3n) is 3.11. The molecule has 0 aliphatic heterocycles. The Morgan fingerprint density at radius 2 is 2.00 bits per heavy atom. The number of rotatable bonds is 8. The summed E-state index contributed by atoms with van der Waals surface area (Å²) in [5, 5.41) is 24.6. The highest BCUT2D eigenvalue weighted by Gasteiger charge is 2.17. The number of nitrogens with zero attached hydrogens (tertiary/aromatic N) is 2. The third kappa shape index (κ3) is 10.7. The normalized spacial score (nSPS) is 10.6. The Hall–Kier alpha value is -3.58. The van der Waals surface area contributed by atoms with Crippen molar-refractivity contribution in [2.24, 2.45) is 10.8 Å². The second-order valence-electron chi connectivity index (χ2n) is 5.69. The fraction of sp³-hybridized carbons (Fsp3) is 0.176. The van der Waals surface area contributed by atoms with Crippen molar-refractivity contribution in [1.82, 2.24) is 5.43 Å². The summed E-state index contributed by atoms with van der Waals surface area (Å²) in [6, 6.07) is 10.7. The molecule has 0 amide bonds. The molecule has 0 bridgehead atoms. The van der Waals surface area contributed by atoms with Crippen molar-refractivity contribution in [1.29, 1.82) is 5.41 Å². The zero-order valence-electron chi connectivity index (χ0n) is 16.2. The van der Waals surface area contributed by atoms with Crippen LogP contribution in [0, 0.1) is 22.4 Å². The van der Waals surface area contributed by atoms with Crippen molar-refractivity contribution < 1.29 is 27.6 Å². The molecule has 0 saturated carbocycles. The molecule has 0 aliphatic carbocycles. The van der Waals surface area contributed by atoms with Crippen LogP contribution in [0.15, 0.2) is 52.5 Å². The molecule has 168 valence electrons. The van der Waals surface area contributed by atoms with Gasteiger partial charge in [0.25, 0.3) is 5.09 Å². The van der Waals surface area contributed by atoms with Crippen LogP contribution in [0.1, 0.15) is 12.0 Å². The van der Waals surface area contributed by atoms with Crippen LogP contribution in [0.2, 0.25) is 5.02 Å². The van der Waals surface area contributed by atoms with Gasteiger partial charge in [0.15, 0.2) is 0 Å². The maximum atomic E-state index is 12.4. The van der Waals surface area contributed by atoms with Crippen molar-refractivity contribution in [2.75, 3.05) is 6.61 Å². The van der Waals surface area contributed by atoms with Gasteiger partial charge < -0.3 is 19.9 Å². The molecule has 0 unspecified atom stereocenters. The minimum absolute atomic E-state index is 0.0341. The van der Waals surface area contributed by atoms with Gasteiger partial charge in [-0.15, -0.1) is 10.1 Å². The van der Waals surface area contributed by atoms with E-state index in [-0.39, 0.29) is 16.6 Å². The quantitative estimate of drug-likeness (QED) is 0.111. The number of benzene rings is 2. The lowest BCUT2D eigenvalue weighted by molar-refractivity contribution is -0.742. The van der Waals surface area contributed by atoms with Crippen LogP contribution >= 0.6 is 11.6 Å². The highest BCUT2D eigenvalue weighted by atomic mass is 35.5. The summed E-state index contributed by atoms with van der Waals surface area (Å²) in [5.74, 6) is 0.338. The standard InChI is InChI=1S/C17H19ClN4O4S.HNO3/c1-12-8-14(25-7-3-6-21-22-17(19)20)11-15(9-12)26-27(23,24)16-5-2-4-13(18)10-16;2-1(3)4/h2,4-6,8-11H,3,7H2,1H3,(H4,19,20,22);(H,2,3,4). The molecule has 2 aromatic carbocycles. The van der Waals surface area contributed by atoms with Gasteiger partial charge in [-0.1, -0.05) is 17.7 Å². The number of hydrazone groups is 1. The molecule has 0 saturated heterocycles. The zero-order valence-corrected chi connectivity index (χ0v) is 17.8. The summed E-state index contributed by atoms with van der Waals surface area (Å²) in [7, 11) is -4.01. The first-order chi connectivity index (χ1) is 14.5. The van der Waals surface area contributed by atoms with Gasteiger partial charge in [-0.2, -0.15) is 13.5 Å². The second kappa shape index (κ2) is 12.2. The van der Waals surface area contributed by atoms with Crippen LogP contribution in [0.4, 0.5) is 0 Å². The molecule has 12 nitrogen and oxygen atoms in total. The van der Waals surface area contributed by atoms with Gasteiger partial charge in [0.2, 0.25) is 5.96 Å². The Morgan fingerprint density at radius 1 is 1.35 bits per heavy atom. The molecule has 0 atom stereocenters. The van der Waals surface area contributed by atoms with Gasteiger partial charge in [-0.05, 0) is 42.8 Å². The Kier molecular flexibility index (Phi) is 10.0. The molecule has 2 aromatic rings. The average Bonchev–Trinajstić information content (AvgIpc) is 2.63. The van der Waals surface area contributed by atoms with E-state index in [0.717, 1.165) is 5.56 Å². The van der Waals surface area contributed by atoms with Gasteiger partial charge >= 0.3 is 10.1 Å². The topological polar surface area (TPSA) is 190 Å². The molecule has 31 heavy (non-hydrogen) atoms. The predicted octanol–water partition coefficient (Wildman–Crippen LogP) is 2.31. The van der Waals surface area contributed by atoms with E-state index in [1.807, 2.05) is 0 Å². The third-order valence-corrected chi connectivity index (χ3v) is 4.59. The number of ether oxygens (including phenoxy) is 1. The van der Waals surface area contributed by atoms with Crippen LogP contribution < -0.4 is 20.1 Å². The predicted molar refractivity (Wildman–Crippen MR) is 113 cm³/mol. The number of nitrogens with two attached hydrogens (primary N) is 1. The molecule has 14 heteroatoms. The van der Waals surface area contributed by atoms with Gasteiger partial charge in [-0.3, -0.25) is 5.41 Å². The summed E-state index contributed by atoms with van der Waals surface area (Å²) in [4.78, 5) is 8.33. The first-order valence-corrected chi connectivity index (χ1v) is 10.2.